The number of phenolic OH excluding ortho intramolecular Hbond substituents is 1. The summed E-state index contributed by atoms with van der Waals surface area (Å²) in [7, 11) is 0. The fourth-order valence-electron chi connectivity index (χ4n) is 7.02. The van der Waals surface area contributed by atoms with E-state index in [9.17, 15) is 25.5 Å². The van der Waals surface area contributed by atoms with E-state index in [2.05, 4.69) is 33.4 Å². The molecule has 0 aromatic heterocycles. The van der Waals surface area contributed by atoms with Crippen LogP contribution in [0.4, 0.5) is 0 Å². The maximum atomic E-state index is 10.5. The SMILES string of the molecule is CC(Oc1ccccc1CN[C@H](CO)Cc1ccccc1)[C@@H](CO)NCc1ccccc1OC(C)[C@@H](CO)NCc1ccccc1OC(C)[C@@H](CO)NCc1ccccc1O. The van der Waals surface area contributed by atoms with Crippen LogP contribution in [0.3, 0.4) is 0 Å². The van der Waals surface area contributed by atoms with Crippen molar-refractivity contribution in [3.05, 3.63) is 155 Å². The van der Waals surface area contributed by atoms with E-state index in [-0.39, 0.29) is 44.3 Å². The summed E-state index contributed by atoms with van der Waals surface area (Å²) >= 11 is 0. The van der Waals surface area contributed by atoms with Crippen molar-refractivity contribution in [3.63, 3.8) is 0 Å². The summed E-state index contributed by atoms with van der Waals surface area (Å²) < 4.78 is 19.2. The molecule has 0 fully saturated rings. The van der Waals surface area contributed by atoms with Crippen LogP contribution in [0.1, 0.15) is 48.6 Å². The van der Waals surface area contributed by atoms with E-state index in [0.717, 1.165) is 27.8 Å². The van der Waals surface area contributed by atoms with Crippen LogP contribution in [-0.4, -0.2) is 94.4 Å². The van der Waals surface area contributed by atoms with Gasteiger partial charge in [-0.25, -0.2) is 0 Å². The molecule has 12 heteroatoms. The molecular formula is C49H64N4O8. The first-order chi connectivity index (χ1) is 29.7. The molecule has 0 aliphatic carbocycles. The van der Waals surface area contributed by atoms with Crippen molar-refractivity contribution in [1.29, 1.82) is 0 Å². The smallest absolute Gasteiger partial charge is 0.124 e. The van der Waals surface area contributed by atoms with Gasteiger partial charge in [-0.05, 0) is 57.0 Å². The summed E-state index contributed by atoms with van der Waals surface area (Å²) in [6, 6.07) is 39.0. The van der Waals surface area contributed by atoms with Gasteiger partial charge in [-0.15, -0.1) is 0 Å². The topological polar surface area (TPSA) is 177 Å². The van der Waals surface area contributed by atoms with E-state index in [4.69, 9.17) is 14.2 Å². The van der Waals surface area contributed by atoms with Crippen LogP contribution in [0.15, 0.2) is 127 Å². The Morgan fingerprint density at radius 2 is 0.754 bits per heavy atom. The van der Waals surface area contributed by atoms with Gasteiger partial charge < -0.3 is 61.0 Å². The lowest BCUT2D eigenvalue weighted by Crippen LogP contribution is -2.45. The third-order valence-electron chi connectivity index (χ3n) is 10.9. The largest absolute Gasteiger partial charge is 0.508 e. The first-order valence-corrected chi connectivity index (χ1v) is 21.1. The summed E-state index contributed by atoms with van der Waals surface area (Å²) in [6.07, 6.45) is -0.501. The standard InChI is InChI=1S/C49H64N4O8/c1-34(43(31-55)51-26-38-17-7-11-21-46(38)58)60-48-23-13-9-19-40(48)28-53-45(33-57)36(3)61-49-24-14-10-20-41(49)29-52-44(32-56)35(2)59-47-22-12-8-18-39(47)27-50-42(30-54)25-37-15-5-4-6-16-37/h4-24,34-36,42-45,50-58H,25-33H2,1-3H3/t34?,35?,36?,42-,43+,44+,45+/m0/s1. The molecule has 0 saturated heterocycles. The van der Waals surface area contributed by atoms with Crippen molar-refractivity contribution >= 4 is 0 Å². The number of rotatable bonds is 27. The van der Waals surface area contributed by atoms with E-state index in [1.807, 2.05) is 124 Å². The highest BCUT2D eigenvalue weighted by Gasteiger charge is 2.24. The zero-order valence-corrected chi connectivity index (χ0v) is 35.5. The number of aromatic hydroxyl groups is 1. The van der Waals surface area contributed by atoms with Gasteiger partial charge in [0.2, 0.25) is 0 Å². The van der Waals surface area contributed by atoms with Crippen LogP contribution >= 0.6 is 0 Å². The number of hydrogen-bond acceptors (Lipinski definition) is 12. The van der Waals surface area contributed by atoms with Gasteiger partial charge in [-0.3, -0.25) is 0 Å². The minimum atomic E-state index is -0.422. The zero-order chi connectivity index (χ0) is 43.4. The van der Waals surface area contributed by atoms with Crippen molar-refractivity contribution in [3.8, 4) is 23.0 Å². The van der Waals surface area contributed by atoms with E-state index in [0.29, 0.717) is 49.8 Å². The minimum Gasteiger partial charge on any atom is -0.508 e. The molecule has 5 aromatic carbocycles. The molecule has 3 unspecified atom stereocenters. The number of para-hydroxylation sites is 4. The summed E-state index contributed by atoms with van der Waals surface area (Å²) in [5.74, 6) is 2.20. The fourth-order valence-corrected chi connectivity index (χ4v) is 7.02. The average Bonchev–Trinajstić information content (AvgIpc) is 3.28. The highest BCUT2D eigenvalue weighted by atomic mass is 16.5. The number of aliphatic hydroxyl groups is 4. The van der Waals surface area contributed by atoms with Crippen molar-refractivity contribution in [1.82, 2.24) is 21.3 Å². The first-order valence-electron chi connectivity index (χ1n) is 21.1. The highest BCUT2D eigenvalue weighted by molar-refractivity contribution is 5.36. The minimum absolute atomic E-state index is 0.00574. The van der Waals surface area contributed by atoms with Crippen LogP contribution < -0.4 is 35.5 Å². The van der Waals surface area contributed by atoms with Crippen molar-refractivity contribution in [2.24, 2.45) is 0 Å². The zero-order valence-electron chi connectivity index (χ0n) is 35.5. The molecule has 0 aliphatic rings. The molecular weight excluding hydrogens is 773 g/mol. The molecule has 9 N–H and O–H groups in total. The second-order valence-corrected chi connectivity index (χ2v) is 15.4. The van der Waals surface area contributed by atoms with Gasteiger partial charge >= 0.3 is 0 Å². The molecule has 328 valence electrons. The maximum absolute atomic E-state index is 10.5. The van der Waals surface area contributed by atoms with Crippen LogP contribution in [0.5, 0.6) is 23.0 Å². The molecule has 0 radical (unpaired) electrons. The van der Waals surface area contributed by atoms with E-state index in [1.54, 1.807) is 12.1 Å². The Hall–Kier alpha value is -5.02. The Balaban J connectivity index is 1.13. The monoisotopic (exact) mass is 836 g/mol. The Kier molecular flexibility index (Phi) is 19.3. The third kappa shape index (κ3) is 14.6. The van der Waals surface area contributed by atoms with Gasteiger partial charge in [0.05, 0.1) is 44.6 Å². The number of aliphatic hydroxyl groups excluding tert-OH is 4. The van der Waals surface area contributed by atoms with E-state index in [1.165, 1.54) is 0 Å². The van der Waals surface area contributed by atoms with Gasteiger partial charge in [0.15, 0.2) is 0 Å². The molecule has 0 amide bonds. The first kappa shape index (κ1) is 47.0. The summed E-state index contributed by atoms with van der Waals surface area (Å²) in [5, 5.41) is 64.9. The average molecular weight is 837 g/mol. The fraction of sp³-hybridized carbons (Fsp3) is 0.388. The molecule has 0 bridgehead atoms. The van der Waals surface area contributed by atoms with Crippen LogP contribution in [0.2, 0.25) is 0 Å². The quantitative estimate of drug-likeness (QED) is 0.0353. The predicted molar refractivity (Wildman–Crippen MR) is 239 cm³/mol. The number of phenols is 1. The summed E-state index contributed by atoms with van der Waals surface area (Å²) in [5.41, 5.74) is 4.59. The van der Waals surface area contributed by atoms with Gasteiger partial charge in [-0.1, -0.05) is 103 Å². The molecule has 5 aromatic rings. The molecule has 12 nitrogen and oxygen atoms in total. The summed E-state index contributed by atoms with van der Waals surface area (Å²) in [6.45, 7) is 6.93. The normalized spacial score (nSPS) is 14.9. The van der Waals surface area contributed by atoms with Gasteiger partial charge in [0.25, 0.3) is 0 Å². The second kappa shape index (κ2) is 25.0. The molecule has 61 heavy (non-hydrogen) atoms. The van der Waals surface area contributed by atoms with E-state index < -0.39 is 30.3 Å². The molecule has 0 spiro atoms. The number of nitrogens with one attached hydrogen (secondary N) is 4. The molecule has 0 heterocycles. The van der Waals surface area contributed by atoms with Crippen LogP contribution in [0.25, 0.3) is 0 Å². The van der Waals surface area contributed by atoms with Crippen molar-refractivity contribution in [2.45, 2.75) is 95.9 Å². The molecule has 7 atom stereocenters. The third-order valence-corrected chi connectivity index (χ3v) is 10.9. The Morgan fingerprint density at radius 1 is 0.410 bits per heavy atom. The van der Waals surface area contributed by atoms with Gasteiger partial charge in [0.1, 0.15) is 41.3 Å². The molecule has 0 saturated carbocycles. The lowest BCUT2D eigenvalue weighted by molar-refractivity contribution is 0.113. The lowest BCUT2D eigenvalue weighted by atomic mass is 10.1. The highest BCUT2D eigenvalue weighted by Crippen LogP contribution is 2.25. The number of ether oxygens (including phenoxy) is 3. The van der Waals surface area contributed by atoms with E-state index >= 15 is 0 Å². The van der Waals surface area contributed by atoms with Crippen LogP contribution in [0, 0.1) is 0 Å². The Bertz CT molecular complexity index is 2000. The maximum Gasteiger partial charge on any atom is 0.124 e. The number of hydrogen-bond donors (Lipinski definition) is 9. The van der Waals surface area contributed by atoms with Crippen molar-refractivity contribution in [2.75, 3.05) is 26.4 Å². The molecule has 5 rings (SSSR count). The second-order valence-electron chi connectivity index (χ2n) is 15.4. The summed E-state index contributed by atoms with van der Waals surface area (Å²) in [4.78, 5) is 0. The van der Waals surface area contributed by atoms with Gasteiger partial charge in [0, 0.05) is 54.5 Å². The van der Waals surface area contributed by atoms with Crippen LogP contribution in [-0.2, 0) is 32.6 Å². The van der Waals surface area contributed by atoms with Crippen molar-refractivity contribution < 1.29 is 39.7 Å². The Labute approximate surface area is 360 Å². The Morgan fingerprint density at radius 3 is 1.15 bits per heavy atom. The molecule has 0 aliphatic heterocycles. The number of benzene rings is 5. The lowest BCUT2D eigenvalue weighted by Gasteiger charge is -2.28. The predicted octanol–water partition coefficient (Wildman–Crippen LogP) is 4.84. The van der Waals surface area contributed by atoms with Gasteiger partial charge in [-0.2, -0.15) is 0 Å².